The predicted octanol–water partition coefficient (Wildman–Crippen LogP) is 2.98. The van der Waals surface area contributed by atoms with Gasteiger partial charge >= 0.3 is 0 Å². The minimum atomic E-state index is -3.87. The molecule has 2 aromatic carbocycles. The third-order valence-electron chi connectivity index (χ3n) is 4.62. The highest BCUT2D eigenvalue weighted by Crippen LogP contribution is 2.39. The fourth-order valence-corrected chi connectivity index (χ4v) is 5.45. The molecule has 0 spiro atoms. The molecule has 154 valence electrons. The molecule has 1 N–H and O–H groups in total. The Kier molecular flexibility index (Phi) is 5.60. The number of amides is 2. The van der Waals surface area contributed by atoms with E-state index in [-0.39, 0.29) is 28.6 Å². The van der Waals surface area contributed by atoms with Gasteiger partial charge in [-0.3, -0.25) is 9.59 Å². The summed E-state index contributed by atoms with van der Waals surface area (Å²) in [5.41, 5.74) is -0.00763. The van der Waals surface area contributed by atoms with Gasteiger partial charge in [0.1, 0.15) is 5.75 Å². The first-order valence-electron chi connectivity index (χ1n) is 8.83. The van der Waals surface area contributed by atoms with E-state index in [1.807, 2.05) is 12.1 Å². The maximum atomic E-state index is 12.6. The van der Waals surface area contributed by atoms with Gasteiger partial charge in [-0.1, -0.05) is 23.7 Å². The van der Waals surface area contributed by atoms with Crippen molar-refractivity contribution in [3.05, 3.63) is 58.6 Å². The number of nitrogens with zero attached hydrogens (tertiary/aromatic N) is 1. The summed E-state index contributed by atoms with van der Waals surface area (Å²) in [6, 6.07) is 11.4. The zero-order chi connectivity index (χ0) is 21.4. The lowest BCUT2D eigenvalue weighted by molar-refractivity contribution is -0.123. The van der Waals surface area contributed by atoms with Crippen LogP contribution >= 0.6 is 11.6 Å². The first kappa shape index (κ1) is 21.1. The van der Waals surface area contributed by atoms with Gasteiger partial charge in [0.05, 0.1) is 29.0 Å². The molecule has 0 aromatic heterocycles. The maximum absolute atomic E-state index is 12.6. The SMILES string of the molecule is COc1ccc(CNC(=O)c2ccc(Cl)c(N3C(=O)C(C)(C)CS3(=O)=O)c2)cc1. The summed E-state index contributed by atoms with van der Waals surface area (Å²) in [7, 11) is -2.30. The summed E-state index contributed by atoms with van der Waals surface area (Å²) < 4.78 is 30.8. The van der Waals surface area contributed by atoms with Gasteiger partial charge in [0, 0.05) is 12.1 Å². The molecular weight excluding hydrogens is 416 g/mol. The van der Waals surface area contributed by atoms with Gasteiger partial charge in [-0.05, 0) is 49.7 Å². The Morgan fingerprint density at radius 3 is 2.41 bits per heavy atom. The molecule has 2 aromatic rings. The molecule has 0 saturated carbocycles. The number of hydrogen-bond acceptors (Lipinski definition) is 5. The van der Waals surface area contributed by atoms with Crippen LogP contribution in [-0.2, 0) is 21.4 Å². The molecule has 1 aliphatic heterocycles. The number of carbonyl (C=O) groups is 2. The van der Waals surface area contributed by atoms with E-state index in [1.54, 1.807) is 33.1 Å². The topological polar surface area (TPSA) is 92.8 Å². The van der Waals surface area contributed by atoms with Crippen molar-refractivity contribution in [3.8, 4) is 5.75 Å². The van der Waals surface area contributed by atoms with E-state index in [9.17, 15) is 18.0 Å². The fourth-order valence-electron chi connectivity index (χ4n) is 3.08. The summed E-state index contributed by atoms with van der Waals surface area (Å²) >= 11 is 6.17. The second-order valence-corrected chi connectivity index (χ2v) is 9.63. The highest BCUT2D eigenvalue weighted by molar-refractivity contribution is 7.94. The molecule has 3 rings (SSSR count). The lowest BCUT2D eigenvalue weighted by atomic mass is 9.95. The average Bonchev–Trinajstić information content (AvgIpc) is 2.83. The van der Waals surface area contributed by atoms with E-state index in [0.717, 1.165) is 5.56 Å². The standard InChI is InChI=1S/C20H21ClN2O5S/c1-20(2)12-29(26,27)23(19(20)25)17-10-14(6-9-16(17)21)18(24)22-11-13-4-7-15(28-3)8-5-13/h4-10H,11-12H2,1-3H3,(H,22,24). The zero-order valence-corrected chi connectivity index (χ0v) is 17.8. The van der Waals surface area contributed by atoms with E-state index < -0.39 is 27.3 Å². The number of methoxy groups -OCH3 is 1. The quantitative estimate of drug-likeness (QED) is 0.777. The molecule has 1 aliphatic rings. The Bertz CT molecular complexity index is 1060. The van der Waals surface area contributed by atoms with Gasteiger partial charge in [0.2, 0.25) is 15.9 Å². The van der Waals surface area contributed by atoms with Crippen LogP contribution in [0, 0.1) is 5.41 Å². The van der Waals surface area contributed by atoms with Crippen molar-refractivity contribution < 1.29 is 22.7 Å². The number of sulfonamides is 1. The largest absolute Gasteiger partial charge is 0.497 e. The smallest absolute Gasteiger partial charge is 0.251 e. The van der Waals surface area contributed by atoms with Crippen LogP contribution < -0.4 is 14.4 Å². The van der Waals surface area contributed by atoms with E-state index in [2.05, 4.69) is 5.32 Å². The molecule has 0 aliphatic carbocycles. The van der Waals surface area contributed by atoms with Crippen LogP contribution in [0.15, 0.2) is 42.5 Å². The van der Waals surface area contributed by atoms with Crippen LogP contribution in [0.3, 0.4) is 0 Å². The maximum Gasteiger partial charge on any atom is 0.251 e. The third kappa shape index (κ3) is 4.23. The normalized spacial score (nSPS) is 17.2. The Labute approximate surface area is 174 Å². The molecule has 0 unspecified atom stereocenters. The van der Waals surface area contributed by atoms with E-state index in [4.69, 9.17) is 16.3 Å². The monoisotopic (exact) mass is 436 g/mol. The van der Waals surface area contributed by atoms with Crippen molar-refractivity contribution in [2.75, 3.05) is 17.2 Å². The van der Waals surface area contributed by atoms with Gasteiger partial charge in [0.25, 0.3) is 5.91 Å². The molecule has 29 heavy (non-hydrogen) atoms. The number of rotatable bonds is 5. The van der Waals surface area contributed by atoms with Crippen LogP contribution in [0.4, 0.5) is 5.69 Å². The third-order valence-corrected chi connectivity index (χ3v) is 6.95. The average molecular weight is 437 g/mol. The number of hydrogen-bond donors (Lipinski definition) is 1. The summed E-state index contributed by atoms with van der Waals surface area (Å²) in [5.74, 6) is -0.595. The molecular formula is C20H21ClN2O5S. The van der Waals surface area contributed by atoms with E-state index >= 15 is 0 Å². The molecule has 0 bridgehead atoms. The van der Waals surface area contributed by atoms with Crippen molar-refractivity contribution in [3.63, 3.8) is 0 Å². The lowest BCUT2D eigenvalue weighted by Crippen LogP contribution is -2.33. The minimum Gasteiger partial charge on any atom is -0.497 e. The van der Waals surface area contributed by atoms with Crippen LogP contribution in [0.2, 0.25) is 5.02 Å². The molecule has 1 fully saturated rings. The Hall–Kier alpha value is -2.58. The molecule has 2 amide bonds. The number of halogens is 1. The summed E-state index contributed by atoms with van der Waals surface area (Å²) in [4.78, 5) is 25.2. The number of anilines is 1. The van der Waals surface area contributed by atoms with Crippen LogP contribution in [0.25, 0.3) is 0 Å². The molecule has 7 nitrogen and oxygen atoms in total. The second-order valence-electron chi connectivity index (χ2n) is 7.41. The Morgan fingerprint density at radius 2 is 1.86 bits per heavy atom. The van der Waals surface area contributed by atoms with Gasteiger partial charge in [-0.2, -0.15) is 0 Å². The Morgan fingerprint density at radius 1 is 1.21 bits per heavy atom. The lowest BCUT2D eigenvalue weighted by Gasteiger charge is -2.19. The van der Waals surface area contributed by atoms with Crippen LogP contribution in [0.1, 0.15) is 29.8 Å². The van der Waals surface area contributed by atoms with E-state index in [0.29, 0.717) is 10.1 Å². The van der Waals surface area contributed by atoms with Gasteiger partial charge in [0.15, 0.2) is 0 Å². The molecule has 1 saturated heterocycles. The minimum absolute atomic E-state index is 0.0145. The van der Waals surface area contributed by atoms with E-state index in [1.165, 1.54) is 18.2 Å². The fraction of sp³-hybridized carbons (Fsp3) is 0.300. The van der Waals surface area contributed by atoms with Crippen molar-refractivity contribution in [1.29, 1.82) is 0 Å². The Balaban J connectivity index is 1.83. The summed E-state index contributed by atoms with van der Waals surface area (Å²) in [6.45, 7) is 3.40. The number of benzene rings is 2. The molecule has 0 radical (unpaired) electrons. The molecule has 0 atom stereocenters. The highest BCUT2D eigenvalue weighted by Gasteiger charge is 2.50. The summed E-state index contributed by atoms with van der Waals surface area (Å²) in [6.07, 6.45) is 0. The summed E-state index contributed by atoms with van der Waals surface area (Å²) in [5, 5.41) is 2.84. The number of carbonyl (C=O) groups excluding carboxylic acids is 2. The van der Waals surface area contributed by atoms with Crippen molar-refractivity contribution in [2.45, 2.75) is 20.4 Å². The first-order valence-corrected chi connectivity index (χ1v) is 10.8. The highest BCUT2D eigenvalue weighted by atomic mass is 35.5. The van der Waals surface area contributed by atoms with Gasteiger partial charge < -0.3 is 10.1 Å². The van der Waals surface area contributed by atoms with Crippen molar-refractivity contribution in [1.82, 2.24) is 5.32 Å². The number of nitrogens with one attached hydrogen (secondary N) is 1. The molecule has 9 heteroatoms. The van der Waals surface area contributed by atoms with Gasteiger partial charge in [-0.15, -0.1) is 0 Å². The second kappa shape index (κ2) is 7.68. The number of ether oxygens (including phenoxy) is 1. The predicted molar refractivity (Wildman–Crippen MR) is 111 cm³/mol. The zero-order valence-electron chi connectivity index (χ0n) is 16.2. The van der Waals surface area contributed by atoms with Gasteiger partial charge in [-0.25, -0.2) is 12.7 Å². The van der Waals surface area contributed by atoms with Crippen LogP contribution in [-0.4, -0.2) is 33.1 Å². The van der Waals surface area contributed by atoms with Crippen molar-refractivity contribution in [2.24, 2.45) is 5.41 Å². The first-order chi connectivity index (χ1) is 13.5. The van der Waals surface area contributed by atoms with Crippen LogP contribution in [0.5, 0.6) is 5.75 Å². The molecule has 1 heterocycles. The van der Waals surface area contributed by atoms with Crippen molar-refractivity contribution >= 4 is 39.1 Å².